The Bertz CT molecular complexity index is 536. The molecule has 1 amide bonds. The number of benzene rings is 1. The van der Waals surface area contributed by atoms with Crippen LogP contribution in [0.2, 0.25) is 0 Å². The van der Waals surface area contributed by atoms with Crippen LogP contribution in [0.5, 0.6) is 0 Å². The first-order valence-corrected chi connectivity index (χ1v) is 8.07. The number of carbonyl (C=O) groups is 1. The van der Waals surface area contributed by atoms with E-state index in [-0.39, 0.29) is 10.8 Å². The molecule has 0 heterocycles. The zero-order valence-electron chi connectivity index (χ0n) is 12.1. The maximum absolute atomic E-state index is 12.3. The van der Waals surface area contributed by atoms with Crippen molar-refractivity contribution in [1.29, 1.82) is 0 Å². The summed E-state index contributed by atoms with van der Waals surface area (Å²) in [6.45, 7) is 4.81. The second kappa shape index (κ2) is 7.37. The van der Waals surface area contributed by atoms with Crippen molar-refractivity contribution >= 4 is 21.6 Å². The summed E-state index contributed by atoms with van der Waals surface area (Å²) in [4.78, 5) is 11.7. The molecule has 3 N–H and O–H groups in total. The van der Waals surface area contributed by atoms with Crippen LogP contribution in [0.3, 0.4) is 0 Å². The fourth-order valence-electron chi connectivity index (χ4n) is 1.82. The molecule has 0 spiro atoms. The fraction of sp³-hybridized carbons (Fsp3) is 0.462. The third-order valence-electron chi connectivity index (χ3n) is 2.87. The molecule has 1 rings (SSSR count). The standard InChI is InChI=1S/C13H21N3O3S/c1-4-16(5-2)20(18,19)12-8-6-11(7-9-12)15-13(17)10-14-3/h6-9,14H,4-5,10H2,1-3H3,(H,15,17)/p+1. The molecule has 0 saturated heterocycles. The van der Waals surface area contributed by atoms with Crippen LogP contribution in [0.1, 0.15) is 13.8 Å². The molecule has 6 nitrogen and oxygen atoms in total. The van der Waals surface area contributed by atoms with Gasteiger partial charge in [0.25, 0.3) is 5.91 Å². The number of sulfonamides is 1. The molecule has 0 bridgehead atoms. The van der Waals surface area contributed by atoms with Crippen molar-refractivity contribution in [2.45, 2.75) is 18.7 Å². The van der Waals surface area contributed by atoms with Crippen molar-refractivity contribution in [2.24, 2.45) is 0 Å². The summed E-state index contributed by atoms with van der Waals surface area (Å²) in [7, 11) is -1.64. The zero-order chi connectivity index (χ0) is 15.2. The Hall–Kier alpha value is -1.44. The minimum atomic E-state index is -3.44. The Morgan fingerprint density at radius 2 is 1.75 bits per heavy atom. The summed E-state index contributed by atoms with van der Waals surface area (Å²) >= 11 is 0. The summed E-state index contributed by atoms with van der Waals surface area (Å²) in [6, 6.07) is 6.23. The van der Waals surface area contributed by atoms with Crippen molar-refractivity contribution < 1.29 is 18.5 Å². The van der Waals surface area contributed by atoms with Crippen molar-refractivity contribution in [3.63, 3.8) is 0 Å². The van der Waals surface area contributed by atoms with Crippen LogP contribution in [-0.2, 0) is 14.8 Å². The number of hydrogen-bond acceptors (Lipinski definition) is 3. The Balaban J connectivity index is 2.88. The van der Waals surface area contributed by atoms with Crippen LogP contribution in [0.15, 0.2) is 29.2 Å². The molecule has 0 aliphatic carbocycles. The number of nitrogens with two attached hydrogens (primary N) is 1. The Kier molecular flexibility index (Phi) is 6.12. The topological polar surface area (TPSA) is 83.1 Å². The zero-order valence-corrected chi connectivity index (χ0v) is 12.9. The van der Waals surface area contributed by atoms with Crippen LogP contribution in [-0.4, -0.2) is 45.3 Å². The molecule has 0 saturated carbocycles. The molecule has 0 radical (unpaired) electrons. The van der Waals surface area contributed by atoms with Crippen LogP contribution < -0.4 is 10.6 Å². The molecule has 0 aliphatic heterocycles. The van der Waals surface area contributed by atoms with E-state index in [9.17, 15) is 13.2 Å². The average molecular weight is 300 g/mol. The third-order valence-corrected chi connectivity index (χ3v) is 4.93. The number of nitrogens with zero attached hydrogens (tertiary/aromatic N) is 1. The molecule has 0 aliphatic rings. The molecule has 0 aromatic heterocycles. The van der Waals surface area contributed by atoms with E-state index in [0.717, 1.165) is 0 Å². The smallest absolute Gasteiger partial charge is 0.279 e. The highest BCUT2D eigenvalue weighted by Crippen LogP contribution is 2.18. The highest BCUT2D eigenvalue weighted by atomic mass is 32.2. The Morgan fingerprint density at radius 3 is 2.20 bits per heavy atom. The number of hydrogen-bond donors (Lipinski definition) is 2. The second-order valence-corrected chi connectivity index (χ2v) is 6.21. The van der Waals surface area contributed by atoms with Gasteiger partial charge in [0, 0.05) is 18.8 Å². The molecule has 112 valence electrons. The Labute approximate surface area is 120 Å². The minimum Gasteiger partial charge on any atom is -0.341 e. The number of likely N-dealkylation sites (N-methyl/N-ethyl adjacent to an activating group) is 1. The van der Waals surface area contributed by atoms with Crippen LogP contribution >= 0.6 is 0 Å². The Morgan fingerprint density at radius 1 is 1.20 bits per heavy atom. The monoisotopic (exact) mass is 300 g/mol. The van der Waals surface area contributed by atoms with E-state index in [1.807, 2.05) is 0 Å². The molecular weight excluding hydrogens is 278 g/mol. The molecule has 1 aromatic rings. The van der Waals surface area contributed by atoms with Gasteiger partial charge in [-0.1, -0.05) is 13.8 Å². The molecule has 0 fully saturated rings. The van der Waals surface area contributed by atoms with Crippen LogP contribution in [0.4, 0.5) is 5.69 Å². The molecule has 0 atom stereocenters. The number of quaternary nitrogens is 1. The van der Waals surface area contributed by atoms with Gasteiger partial charge in [-0.2, -0.15) is 4.31 Å². The number of rotatable bonds is 7. The van der Waals surface area contributed by atoms with Crippen molar-refractivity contribution in [2.75, 3.05) is 32.0 Å². The fourth-order valence-corrected chi connectivity index (χ4v) is 3.28. The number of amides is 1. The van der Waals surface area contributed by atoms with Gasteiger partial charge in [-0.15, -0.1) is 0 Å². The molecule has 20 heavy (non-hydrogen) atoms. The third kappa shape index (κ3) is 4.03. The van der Waals surface area contributed by atoms with Gasteiger partial charge in [0.1, 0.15) is 0 Å². The summed E-state index contributed by atoms with van der Waals surface area (Å²) < 4.78 is 25.9. The predicted octanol–water partition coefficient (Wildman–Crippen LogP) is -0.151. The maximum atomic E-state index is 12.3. The van der Waals surface area contributed by atoms with Gasteiger partial charge >= 0.3 is 0 Å². The molecule has 7 heteroatoms. The number of anilines is 1. The average Bonchev–Trinajstić information content (AvgIpc) is 2.40. The lowest BCUT2D eigenvalue weighted by atomic mass is 10.3. The van der Waals surface area contributed by atoms with Crippen molar-refractivity contribution in [3.8, 4) is 0 Å². The normalized spacial score (nSPS) is 11.6. The minimum absolute atomic E-state index is 0.119. The van der Waals surface area contributed by atoms with E-state index in [0.29, 0.717) is 25.3 Å². The lowest BCUT2D eigenvalue weighted by Gasteiger charge is -2.18. The maximum Gasteiger partial charge on any atom is 0.279 e. The summed E-state index contributed by atoms with van der Waals surface area (Å²) in [5.74, 6) is -0.119. The first-order chi connectivity index (χ1) is 9.45. The van der Waals surface area contributed by atoms with Gasteiger partial charge in [-0.25, -0.2) is 8.42 Å². The molecule has 0 unspecified atom stereocenters. The van der Waals surface area contributed by atoms with Crippen LogP contribution in [0, 0.1) is 0 Å². The van der Waals surface area contributed by atoms with Gasteiger partial charge in [-0.3, -0.25) is 4.79 Å². The second-order valence-electron chi connectivity index (χ2n) is 4.27. The van der Waals surface area contributed by atoms with Crippen molar-refractivity contribution in [1.82, 2.24) is 4.31 Å². The van der Waals surface area contributed by atoms with Gasteiger partial charge in [0.05, 0.1) is 11.9 Å². The van der Waals surface area contributed by atoms with Gasteiger partial charge in [0.2, 0.25) is 10.0 Å². The van der Waals surface area contributed by atoms with E-state index in [4.69, 9.17) is 0 Å². The lowest BCUT2D eigenvalue weighted by Crippen LogP contribution is -2.82. The van der Waals surface area contributed by atoms with E-state index >= 15 is 0 Å². The largest absolute Gasteiger partial charge is 0.341 e. The number of carbonyl (C=O) groups excluding carboxylic acids is 1. The SMILES string of the molecule is CCN(CC)S(=O)(=O)c1ccc(NC(=O)C[NH2+]C)cc1. The first-order valence-electron chi connectivity index (χ1n) is 6.63. The van der Waals surface area contributed by atoms with E-state index < -0.39 is 10.0 Å². The van der Waals surface area contributed by atoms with E-state index in [1.165, 1.54) is 16.4 Å². The van der Waals surface area contributed by atoms with Gasteiger partial charge in [0.15, 0.2) is 6.54 Å². The summed E-state index contributed by atoms with van der Waals surface area (Å²) in [6.07, 6.45) is 0. The van der Waals surface area contributed by atoms with Crippen LogP contribution in [0.25, 0.3) is 0 Å². The van der Waals surface area contributed by atoms with E-state index in [1.54, 1.807) is 38.3 Å². The predicted molar refractivity (Wildman–Crippen MR) is 77.9 cm³/mol. The highest BCUT2D eigenvalue weighted by molar-refractivity contribution is 7.89. The highest BCUT2D eigenvalue weighted by Gasteiger charge is 2.21. The lowest BCUT2D eigenvalue weighted by molar-refractivity contribution is -0.615. The summed E-state index contributed by atoms with van der Waals surface area (Å²) in [5.41, 5.74) is 0.593. The van der Waals surface area contributed by atoms with Gasteiger partial charge < -0.3 is 10.6 Å². The van der Waals surface area contributed by atoms with Gasteiger partial charge in [-0.05, 0) is 24.3 Å². The number of nitrogens with one attached hydrogen (secondary N) is 1. The van der Waals surface area contributed by atoms with E-state index in [2.05, 4.69) is 5.32 Å². The summed E-state index contributed by atoms with van der Waals surface area (Å²) in [5, 5.41) is 4.46. The quantitative estimate of drug-likeness (QED) is 0.734. The molecule has 1 aromatic carbocycles. The first kappa shape index (κ1) is 16.6. The molecular formula is C13H22N3O3S+. The van der Waals surface area contributed by atoms with Crippen molar-refractivity contribution in [3.05, 3.63) is 24.3 Å².